The molecule has 0 spiro atoms. The second-order valence-electron chi connectivity index (χ2n) is 11.1. The Morgan fingerprint density at radius 2 is 1.68 bits per heavy atom. The number of piperidine rings is 1. The van der Waals surface area contributed by atoms with Gasteiger partial charge in [0, 0.05) is 35.2 Å². The van der Waals surface area contributed by atoms with Crippen LogP contribution in [0.5, 0.6) is 0 Å². The van der Waals surface area contributed by atoms with Gasteiger partial charge in [-0.1, -0.05) is 79.8 Å². The third kappa shape index (κ3) is 7.20. The minimum atomic E-state index is -0.719. The maximum atomic E-state index is 13.5. The topological polar surface area (TPSA) is 32.3 Å². The van der Waals surface area contributed by atoms with Crippen LogP contribution < -0.4 is 5.32 Å². The van der Waals surface area contributed by atoms with Gasteiger partial charge < -0.3 is 10.2 Å². The van der Waals surface area contributed by atoms with E-state index in [4.69, 9.17) is 0 Å². The summed E-state index contributed by atoms with van der Waals surface area (Å²) < 4.78 is 27.1. The number of rotatable bonds is 7. The Balaban J connectivity index is 1.34. The lowest BCUT2D eigenvalue weighted by molar-refractivity contribution is -0.115. The van der Waals surface area contributed by atoms with E-state index in [1.807, 2.05) is 18.2 Å². The van der Waals surface area contributed by atoms with Gasteiger partial charge in [-0.25, -0.2) is 8.78 Å². The zero-order valence-corrected chi connectivity index (χ0v) is 23.3. The van der Waals surface area contributed by atoms with Gasteiger partial charge in [0.05, 0.1) is 0 Å². The molecule has 1 aliphatic carbocycles. The standard InChI is InChI=1S/C36H36F2N2O/c1-2-3-8-27-9-6-10-29(23-27)28-14-16-30(17-15-28)36(19-21-40(22-20-36)34-11-4-5-12-34)18-7-13-35(41)39-33-25-31(37)24-32(38)26-33/h2,6-7,9-10,14-18,23-26,34H,1,4-5,11-13,19-22H2,(H,39,41)/b18-7+. The number of likely N-dealkylation sites (tertiary alicyclic amines) is 1. The number of allylic oxidation sites excluding steroid dienone is 2. The summed E-state index contributed by atoms with van der Waals surface area (Å²) in [6.45, 7) is 5.71. The molecule has 3 aromatic carbocycles. The number of amides is 1. The Labute approximate surface area is 242 Å². The fourth-order valence-corrected chi connectivity index (χ4v) is 6.24. The van der Waals surface area contributed by atoms with Crippen LogP contribution in [-0.4, -0.2) is 29.9 Å². The maximum absolute atomic E-state index is 13.5. The van der Waals surface area contributed by atoms with Crippen LogP contribution in [-0.2, 0) is 10.2 Å². The van der Waals surface area contributed by atoms with Crippen molar-refractivity contribution in [1.29, 1.82) is 0 Å². The third-order valence-corrected chi connectivity index (χ3v) is 8.39. The summed E-state index contributed by atoms with van der Waals surface area (Å²) >= 11 is 0. The van der Waals surface area contributed by atoms with E-state index < -0.39 is 11.6 Å². The van der Waals surface area contributed by atoms with E-state index in [0.29, 0.717) is 6.04 Å². The monoisotopic (exact) mass is 550 g/mol. The molecule has 1 heterocycles. The number of hydrogen-bond donors (Lipinski definition) is 1. The quantitative estimate of drug-likeness (QED) is 0.239. The lowest BCUT2D eigenvalue weighted by atomic mass is 9.72. The van der Waals surface area contributed by atoms with E-state index in [2.05, 4.69) is 71.1 Å². The minimum absolute atomic E-state index is 0.121. The van der Waals surface area contributed by atoms with Crippen molar-refractivity contribution in [2.45, 2.75) is 56.4 Å². The zero-order chi connectivity index (χ0) is 28.7. The summed E-state index contributed by atoms with van der Waals surface area (Å²) in [4.78, 5) is 15.3. The summed E-state index contributed by atoms with van der Waals surface area (Å²) in [7, 11) is 0. The van der Waals surface area contributed by atoms with Gasteiger partial charge in [-0.15, -0.1) is 0 Å². The van der Waals surface area contributed by atoms with Crippen molar-refractivity contribution in [2.24, 2.45) is 0 Å². The summed E-state index contributed by atoms with van der Waals surface area (Å²) in [5.74, 6) is 4.27. The molecule has 1 N–H and O–H groups in total. The smallest absolute Gasteiger partial charge is 0.228 e. The highest BCUT2D eigenvalue weighted by molar-refractivity contribution is 5.91. The number of carbonyl (C=O) groups is 1. The molecule has 1 saturated carbocycles. The second-order valence-corrected chi connectivity index (χ2v) is 11.1. The van der Waals surface area contributed by atoms with Crippen molar-refractivity contribution < 1.29 is 13.6 Å². The Morgan fingerprint density at radius 1 is 0.976 bits per heavy atom. The Morgan fingerprint density at radius 3 is 2.37 bits per heavy atom. The number of hydrogen-bond acceptors (Lipinski definition) is 2. The van der Waals surface area contributed by atoms with Crippen LogP contribution in [0.1, 0.15) is 56.1 Å². The number of nitrogens with one attached hydrogen (secondary N) is 1. The zero-order valence-electron chi connectivity index (χ0n) is 23.3. The number of benzene rings is 3. The molecule has 5 heteroatoms. The van der Waals surface area contributed by atoms with E-state index in [-0.39, 0.29) is 23.4 Å². The molecule has 0 atom stereocenters. The highest BCUT2D eigenvalue weighted by atomic mass is 19.1. The molecule has 1 saturated heterocycles. The van der Waals surface area contributed by atoms with Gasteiger partial charge in [0.2, 0.25) is 5.91 Å². The first-order chi connectivity index (χ1) is 19.9. The number of carbonyl (C=O) groups excluding carboxylic acids is 1. The number of anilines is 1. The normalized spacial score (nSPS) is 17.2. The summed E-state index contributed by atoms with van der Waals surface area (Å²) in [6, 6.07) is 20.7. The average Bonchev–Trinajstić information content (AvgIpc) is 3.51. The molecule has 2 fully saturated rings. The Hall–Kier alpha value is -4.01. The highest BCUT2D eigenvalue weighted by Gasteiger charge is 2.36. The molecular formula is C36H36F2N2O. The molecule has 5 rings (SSSR count). The molecule has 0 bridgehead atoms. The molecule has 41 heavy (non-hydrogen) atoms. The van der Waals surface area contributed by atoms with Gasteiger partial charge in [-0.05, 0) is 85.8 Å². The molecule has 2 aliphatic rings. The van der Waals surface area contributed by atoms with Crippen molar-refractivity contribution in [3.8, 4) is 23.0 Å². The third-order valence-electron chi connectivity index (χ3n) is 8.39. The van der Waals surface area contributed by atoms with E-state index >= 15 is 0 Å². The highest BCUT2D eigenvalue weighted by Crippen LogP contribution is 2.40. The van der Waals surface area contributed by atoms with Gasteiger partial charge >= 0.3 is 0 Å². The second kappa shape index (κ2) is 13.1. The fraction of sp³-hybridized carbons (Fsp3) is 0.306. The van der Waals surface area contributed by atoms with Crippen LogP contribution in [0, 0.1) is 23.5 Å². The molecule has 0 unspecified atom stereocenters. The van der Waals surface area contributed by atoms with Crippen LogP contribution >= 0.6 is 0 Å². The first-order valence-electron chi connectivity index (χ1n) is 14.5. The molecule has 1 amide bonds. The summed E-state index contributed by atoms with van der Waals surface area (Å²) in [6.07, 6.45) is 13.0. The van der Waals surface area contributed by atoms with Crippen LogP contribution in [0.4, 0.5) is 14.5 Å². The molecular weight excluding hydrogens is 514 g/mol. The number of halogens is 2. The average molecular weight is 551 g/mol. The van der Waals surface area contributed by atoms with Crippen LogP contribution in [0.3, 0.4) is 0 Å². The van der Waals surface area contributed by atoms with Gasteiger partial charge in [0.15, 0.2) is 0 Å². The molecule has 210 valence electrons. The summed E-state index contributed by atoms with van der Waals surface area (Å²) in [5, 5.41) is 2.61. The molecule has 0 radical (unpaired) electrons. The van der Waals surface area contributed by atoms with Crippen LogP contribution in [0.2, 0.25) is 0 Å². The maximum Gasteiger partial charge on any atom is 0.228 e. The first-order valence-corrected chi connectivity index (χ1v) is 14.5. The Bertz CT molecular complexity index is 1450. The predicted octanol–water partition coefficient (Wildman–Crippen LogP) is 8.03. The van der Waals surface area contributed by atoms with E-state index in [1.165, 1.54) is 31.2 Å². The molecule has 1 aliphatic heterocycles. The lowest BCUT2D eigenvalue weighted by Crippen LogP contribution is -2.45. The largest absolute Gasteiger partial charge is 0.326 e. The number of nitrogens with zero attached hydrogens (tertiary/aromatic N) is 1. The van der Waals surface area contributed by atoms with Crippen molar-refractivity contribution in [3.05, 3.63) is 114 Å². The van der Waals surface area contributed by atoms with Gasteiger partial charge in [0.25, 0.3) is 0 Å². The van der Waals surface area contributed by atoms with E-state index in [1.54, 1.807) is 6.08 Å². The van der Waals surface area contributed by atoms with Crippen molar-refractivity contribution in [1.82, 2.24) is 4.90 Å². The van der Waals surface area contributed by atoms with Gasteiger partial charge in [0.1, 0.15) is 11.6 Å². The van der Waals surface area contributed by atoms with Crippen molar-refractivity contribution in [2.75, 3.05) is 18.4 Å². The fourth-order valence-electron chi connectivity index (χ4n) is 6.24. The first kappa shape index (κ1) is 28.5. The lowest BCUT2D eigenvalue weighted by Gasteiger charge is -2.43. The van der Waals surface area contributed by atoms with E-state index in [9.17, 15) is 13.6 Å². The summed E-state index contributed by atoms with van der Waals surface area (Å²) in [5.41, 5.74) is 4.36. The van der Waals surface area contributed by atoms with Crippen molar-refractivity contribution in [3.63, 3.8) is 0 Å². The molecule has 3 nitrogen and oxygen atoms in total. The Kier molecular flexibility index (Phi) is 9.11. The van der Waals surface area contributed by atoms with Gasteiger partial charge in [-0.2, -0.15) is 0 Å². The predicted molar refractivity (Wildman–Crippen MR) is 162 cm³/mol. The van der Waals surface area contributed by atoms with Crippen LogP contribution in [0.15, 0.2) is 91.5 Å². The van der Waals surface area contributed by atoms with Crippen molar-refractivity contribution >= 4 is 11.6 Å². The molecule has 0 aromatic heterocycles. The van der Waals surface area contributed by atoms with Gasteiger partial charge in [-0.3, -0.25) is 4.79 Å². The van der Waals surface area contributed by atoms with Crippen LogP contribution in [0.25, 0.3) is 11.1 Å². The molecule has 3 aromatic rings. The SMILES string of the molecule is C=CC#Cc1cccc(-c2ccc(C3(/C=C/CC(=O)Nc4cc(F)cc(F)c4)CCN(C4CCCC4)CC3)cc2)c1. The van der Waals surface area contributed by atoms with E-state index in [0.717, 1.165) is 60.8 Å². The minimum Gasteiger partial charge on any atom is -0.326 e.